The summed E-state index contributed by atoms with van der Waals surface area (Å²) in [5.74, 6) is 1.51. The van der Waals surface area contributed by atoms with Crippen molar-refractivity contribution in [3.8, 4) is 11.5 Å². The van der Waals surface area contributed by atoms with Gasteiger partial charge in [-0.2, -0.15) is 0 Å². The van der Waals surface area contributed by atoms with Crippen LogP contribution in [-0.4, -0.2) is 29.2 Å². The highest BCUT2D eigenvalue weighted by Gasteiger charge is 2.06. The lowest BCUT2D eigenvalue weighted by molar-refractivity contribution is 0.393. The first-order chi connectivity index (χ1) is 11.4. The number of sulfonamides is 1. The van der Waals surface area contributed by atoms with E-state index in [1.54, 1.807) is 26.4 Å². The molecule has 2 rings (SSSR count). The Hall–Kier alpha value is -2.09. The Morgan fingerprint density at radius 2 is 1.54 bits per heavy atom. The van der Waals surface area contributed by atoms with Crippen LogP contribution in [0.3, 0.4) is 0 Å². The topological polar surface area (TPSA) is 90.6 Å². The second kappa shape index (κ2) is 8.14. The first kappa shape index (κ1) is 18.3. The fourth-order valence-corrected chi connectivity index (χ4v) is 2.80. The van der Waals surface area contributed by atoms with Crippen LogP contribution < -0.4 is 19.9 Å². The number of benzene rings is 2. The molecule has 3 N–H and O–H groups in total. The molecule has 0 bridgehead atoms. The molecule has 0 radical (unpaired) electrons. The molecule has 24 heavy (non-hydrogen) atoms. The monoisotopic (exact) mass is 350 g/mol. The van der Waals surface area contributed by atoms with Crippen molar-refractivity contribution in [1.82, 2.24) is 5.32 Å². The van der Waals surface area contributed by atoms with E-state index in [2.05, 4.69) is 5.32 Å². The Morgan fingerprint density at radius 1 is 0.958 bits per heavy atom. The first-order valence-electron chi connectivity index (χ1n) is 7.47. The van der Waals surface area contributed by atoms with Crippen molar-refractivity contribution in [2.75, 3.05) is 20.8 Å². The minimum Gasteiger partial charge on any atom is -0.497 e. The summed E-state index contributed by atoms with van der Waals surface area (Å²) < 4.78 is 32.9. The number of hydrogen-bond acceptors (Lipinski definition) is 5. The molecule has 0 atom stereocenters. The summed E-state index contributed by atoms with van der Waals surface area (Å²) in [6, 6.07) is 12.3. The van der Waals surface area contributed by atoms with Gasteiger partial charge in [0.2, 0.25) is 10.0 Å². The quantitative estimate of drug-likeness (QED) is 0.707. The van der Waals surface area contributed by atoms with Crippen LogP contribution in [-0.2, 0) is 23.0 Å². The van der Waals surface area contributed by atoms with Crippen LogP contribution in [0.15, 0.2) is 47.4 Å². The normalized spacial score (nSPS) is 11.3. The third kappa shape index (κ3) is 5.23. The molecule has 2 aromatic carbocycles. The molecule has 0 unspecified atom stereocenters. The first-order valence-corrected chi connectivity index (χ1v) is 9.01. The smallest absolute Gasteiger partial charge is 0.238 e. The number of ether oxygens (including phenoxy) is 2. The Bertz CT molecular complexity index is 751. The van der Waals surface area contributed by atoms with Crippen molar-refractivity contribution in [2.45, 2.75) is 17.9 Å². The van der Waals surface area contributed by atoms with Gasteiger partial charge in [0.05, 0.1) is 19.1 Å². The predicted octanol–water partition coefficient (Wildman–Crippen LogP) is 1.68. The van der Waals surface area contributed by atoms with E-state index in [0.29, 0.717) is 6.54 Å². The van der Waals surface area contributed by atoms with E-state index >= 15 is 0 Å². The average molecular weight is 350 g/mol. The van der Waals surface area contributed by atoms with Crippen LogP contribution in [0, 0.1) is 0 Å². The van der Waals surface area contributed by atoms with Crippen molar-refractivity contribution in [3.05, 3.63) is 53.6 Å². The summed E-state index contributed by atoms with van der Waals surface area (Å²) in [4.78, 5) is 0.127. The molecule has 0 aliphatic heterocycles. The summed E-state index contributed by atoms with van der Waals surface area (Å²) in [5, 5.41) is 8.42. The molecule has 0 spiro atoms. The number of primary sulfonamides is 1. The Kier molecular flexibility index (Phi) is 6.19. The molecule has 7 heteroatoms. The van der Waals surface area contributed by atoms with Crippen molar-refractivity contribution in [3.63, 3.8) is 0 Å². The largest absolute Gasteiger partial charge is 0.497 e. The van der Waals surface area contributed by atoms with Gasteiger partial charge in [-0.25, -0.2) is 13.6 Å². The molecule has 0 fully saturated rings. The van der Waals surface area contributed by atoms with Crippen LogP contribution in [0.4, 0.5) is 0 Å². The Morgan fingerprint density at radius 3 is 2.04 bits per heavy atom. The molecule has 0 aliphatic rings. The molecule has 0 saturated heterocycles. The minimum atomic E-state index is -3.63. The maximum absolute atomic E-state index is 11.2. The lowest BCUT2D eigenvalue weighted by Gasteiger charge is -2.10. The van der Waals surface area contributed by atoms with E-state index in [1.807, 2.05) is 18.2 Å². The van der Waals surface area contributed by atoms with Gasteiger partial charge < -0.3 is 14.8 Å². The molecule has 130 valence electrons. The fraction of sp³-hybridized carbons (Fsp3) is 0.294. The van der Waals surface area contributed by atoms with E-state index in [1.165, 1.54) is 12.1 Å². The summed E-state index contributed by atoms with van der Waals surface area (Å²) in [6.45, 7) is 1.44. The summed E-state index contributed by atoms with van der Waals surface area (Å²) >= 11 is 0. The van der Waals surface area contributed by atoms with Gasteiger partial charge in [-0.15, -0.1) is 0 Å². The highest BCUT2D eigenvalue weighted by molar-refractivity contribution is 7.89. The van der Waals surface area contributed by atoms with Crippen LogP contribution in [0.5, 0.6) is 11.5 Å². The van der Waals surface area contributed by atoms with Crippen molar-refractivity contribution < 1.29 is 17.9 Å². The van der Waals surface area contributed by atoms with Crippen molar-refractivity contribution in [2.24, 2.45) is 5.14 Å². The van der Waals surface area contributed by atoms with Gasteiger partial charge in [-0.05, 0) is 48.4 Å². The van der Waals surface area contributed by atoms with Crippen molar-refractivity contribution in [1.29, 1.82) is 0 Å². The van der Waals surface area contributed by atoms with Gasteiger partial charge in [-0.3, -0.25) is 0 Å². The molecular formula is C17H22N2O4S. The van der Waals surface area contributed by atoms with E-state index in [0.717, 1.165) is 35.6 Å². The molecule has 0 amide bonds. The number of nitrogens with one attached hydrogen (secondary N) is 1. The van der Waals surface area contributed by atoms with Crippen LogP contribution >= 0.6 is 0 Å². The lowest BCUT2D eigenvalue weighted by Crippen LogP contribution is -2.17. The zero-order chi connectivity index (χ0) is 17.6. The second-order valence-corrected chi connectivity index (χ2v) is 6.90. The van der Waals surface area contributed by atoms with E-state index in [-0.39, 0.29) is 4.90 Å². The van der Waals surface area contributed by atoms with E-state index in [9.17, 15) is 8.42 Å². The van der Waals surface area contributed by atoms with E-state index in [4.69, 9.17) is 14.6 Å². The van der Waals surface area contributed by atoms with Gasteiger partial charge in [0.25, 0.3) is 0 Å². The van der Waals surface area contributed by atoms with Crippen LogP contribution in [0.25, 0.3) is 0 Å². The van der Waals surface area contributed by atoms with Gasteiger partial charge in [0.15, 0.2) is 0 Å². The minimum absolute atomic E-state index is 0.127. The zero-order valence-electron chi connectivity index (χ0n) is 13.8. The number of methoxy groups -OCH3 is 2. The molecule has 0 aromatic heterocycles. The summed E-state index contributed by atoms with van der Waals surface area (Å²) in [7, 11) is -0.389. The molecule has 6 nitrogen and oxygen atoms in total. The van der Waals surface area contributed by atoms with Gasteiger partial charge in [0, 0.05) is 12.6 Å². The number of nitrogens with two attached hydrogens (primary N) is 1. The Balaban J connectivity index is 1.87. The highest BCUT2D eigenvalue weighted by Crippen LogP contribution is 2.22. The van der Waals surface area contributed by atoms with Gasteiger partial charge >= 0.3 is 0 Å². The summed E-state index contributed by atoms with van der Waals surface area (Å²) in [6.07, 6.45) is 0.784. The van der Waals surface area contributed by atoms with E-state index < -0.39 is 10.0 Å². The van der Waals surface area contributed by atoms with Crippen molar-refractivity contribution >= 4 is 10.0 Å². The Labute approximate surface area is 142 Å². The van der Waals surface area contributed by atoms with Crippen LogP contribution in [0.1, 0.15) is 11.1 Å². The molecule has 0 aliphatic carbocycles. The average Bonchev–Trinajstić information content (AvgIpc) is 2.58. The standard InChI is InChI=1S/C17H22N2O4S/c1-22-15-9-14(10-16(11-15)23-2)12-19-8-7-13-3-5-17(6-4-13)24(18,20)21/h3-6,9-11,19H,7-8,12H2,1-2H3,(H2,18,20,21). The van der Waals surface area contributed by atoms with Gasteiger partial charge in [-0.1, -0.05) is 12.1 Å². The SMILES string of the molecule is COc1cc(CNCCc2ccc(S(N)(=O)=O)cc2)cc(OC)c1. The fourth-order valence-electron chi connectivity index (χ4n) is 2.28. The second-order valence-electron chi connectivity index (χ2n) is 5.34. The third-order valence-electron chi connectivity index (χ3n) is 3.58. The zero-order valence-corrected chi connectivity index (χ0v) is 14.6. The van der Waals surface area contributed by atoms with Gasteiger partial charge in [0.1, 0.15) is 11.5 Å². The molecular weight excluding hydrogens is 328 g/mol. The predicted molar refractivity (Wildman–Crippen MR) is 92.8 cm³/mol. The molecule has 2 aromatic rings. The summed E-state index contributed by atoms with van der Waals surface area (Å²) in [5.41, 5.74) is 2.11. The maximum atomic E-state index is 11.2. The highest BCUT2D eigenvalue weighted by atomic mass is 32.2. The number of hydrogen-bond donors (Lipinski definition) is 2. The lowest BCUT2D eigenvalue weighted by atomic mass is 10.1. The molecule has 0 heterocycles. The molecule has 0 saturated carbocycles. The maximum Gasteiger partial charge on any atom is 0.238 e. The van der Waals surface area contributed by atoms with Crippen LogP contribution in [0.2, 0.25) is 0 Å². The number of rotatable bonds is 8. The third-order valence-corrected chi connectivity index (χ3v) is 4.51.